The molecule has 136 valence electrons. The van der Waals surface area contributed by atoms with Crippen molar-refractivity contribution in [3.05, 3.63) is 90.0 Å². The van der Waals surface area contributed by atoms with Crippen LogP contribution in [0.5, 0.6) is 0 Å². The second-order valence-electron chi connectivity index (χ2n) is 6.43. The minimum absolute atomic E-state index is 0.126. The highest BCUT2D eigenvalue weighted by Gasteiger charge is 2.42. The Morgan fingerprint density at radius 3 is 2.15 bits per heavy atom. The number of sulfonamides is 1. The van der Waals surface area contributed by atoms with Gasteiger partial charge in [-0.05, 0) is 36.8 Å². The van der Waals surface area contributed by atoms with Gasteiger partial charge in [0.05, 0.1) is 17.9 Å². The van der Waals surface area contributed by atoms with Crippen molar-refractivity contribution < 1.29 is 13.2 Å². The normalized spacial score (nSPS) is 15.5. The van der Waals surface area contributed by atoms with Gasteiger partial charge in [-0.2, -0.15) is 4.31 Å². The Bertz CT molecular complexity index is 1090. The third-order valence-corrected chi connectivity index (χ3v) is 6.28. The number of carbonyl (C=O) groups excluding carboxylic acids is 1. The number of rotatable bonds is 3. The standard InChI is InChI=1S/C21H18N2O3S/c1-16-11-13-17(14-12-16)15-22-19-9-5-6-10-20(19)27(25,26)23(21(22)24)18-7-3-2-4-8-18/h2-14H,15H2,1H3. The monoisotopic (exact) mass is 378 g/mol. The molecule has 0 radical (unpaired) electrons. The van der Waals surface area contributed by atoms with Crippen molar-refractivity contribution in [2.75, 3.05) is 9.21 Å². The van der Waals surface area contributed by atoms with E-state index in [9.17, 15) is 13.2 Å². The van der Waals surface area contributed by atoms with Gasteiger partial charge in [-0.15, -0.1) is 0 Å². The molecule has 0 spiro atoms. The van der Waals surface area contributed by atoms with Crippen LogP contribution in [0, 0.1) is 6.92 Å². The van der Waals surface area contributed by atoms with Gasteiger partial charge in [0.15, 0.2) is 0 Å². The smallest absolute Gasteiger partial charge is 0.287 e. The Morgan fingerprint density at radius 2 is 1.44 bits per heavy atom. The number of aryl methyl sites for hydroxylation is 1. The molecule has 0 unspecified atom stereocenters. The number of carbonyl (C=O) groups is 1. The van der Waals surface area contributed by atoms with E-state index < -0.39 is 16.1 Å². The number of anilines is 2. The Labute approximate surface area is 158 Å². The van der Waals surface area contributed by atoms with Gasteiger partial charge in [-0.25, -0.2) is 13.2 Å². The highest BCUT2D eigenvalue weighted by atomic mass is 32.2. The number of nitrogens with zero attached hydrogens (tertiary/aromatic N) is 2. The van der Waals surface area contributed by atoms with Gasteiger partial charge in [0.1, 0.15) is 4.90 Å². The summed E-state index contributed by atoms with van der Waals surface area (Å²) in [7, 11) is -3.97. The molecule has 4 rings (SSSR count). The van der Waals surface area contributed by atoms with E-state index in [0.717, 1.165) is 15.4 Å². The molecule has 2 amide bonds. The van der Waals surface area contributed by atoms with Crippen LogP contribution in [0.3, 0.4) is 0 Å². The van der Waals surface area contributed by atoms with E-state index in [1.54, 1.807) is 48.5 Å². The Balaban J connectivity index is 1.85. The molecular weight excluding hydrogens is 360 g/mol. The summed E-state index contributed by atoms with van der Waals surface area (Å²) in [5.74, 6) is 0. The maximum atomic E-state index is 13.2. The van der Waals surface area contributed by atoms with Gasteiger partial charge in [0, 0.05) is 0 Å². The van der Waals surface area contributed by atoms with Crippen molar-refractivity contribution in [1.29, 1.82) is 0 Å². The summed E-state index contributed by atoms with van der Waals surface area (Å²) in [6.45, 7) is 2.28. The summed E-state index contributed by atoms with van der Waals surface area (Å²) in [6, 6.07) is 22.3. The number of hydrogen-bond acceptors (Lipinski definition) is 3. The van der Waals surface area contributed by atoms with Gasteiger partial charge in [-0.1, -0.05) is 60.2 Å². The van der Waals surface area contributed by atoms with E-state index in [0.29, 0.717) is 11.4 Å². The third kappa shape index (κ3) is 2.98. The molecule has 0 saturated carbocycles. The van der Waals surface area contributed by atoms with Crippen LogP contribution >= 0.6 is 0 Å². The Morgan fingerprint density at radius 1 is 0.815 bits per heavy atom. The summed E-state index contributed by atoms with van der Waals surface area (Å²) in [4.78, 5) is 14.9. The average molecular weight is 378 g/mol. The quantitative estimate of drug-likeness (QED) is 0.682. The predicted molar refractivity (Wildman–Crippen MR) is 105 cm³/mol. The fraction of sp³-hybridized carbons (Fsp3) is 0.0952. The molecule has 0 saturated heterocycles. The molecule has 27 heavy (non-hydrogen) atoms. The van der Waals surface area contributed by atoms with Gasteiger partial charge < -0.3 is 0 Å². The van der Waals surface area contributed by atoms with Crippen LogP contribution in [0.2, 0.25) is 0 Å². The van der Waals surface area contributed by atoms with E-state index >= 15 is 0 Å². The molecular formula is C21H18N2O3S. The van der Waals surface area contributed by atoms with Crippen LogP contribution in [0.15, 0.2) is 83.8 Å². The van der Waals surface area contributed by atoms with Crippen molar-refractivity contribution >= 4 is 27.4 Å². The maximum Gasteiger partial charge on any atom is 0.343 e. The lowest BCUT2D eigenvalue weighted by atomic mass is 10.1. The average Bonchev–Trinajstić information content (AvgIpc) is 2.67. The van der Waals surface area contributed by atoms with E-state index in [1.807, 2.05) is 31.2 Å². The van der Waals surface area contributed by atoms with Gasteiger partial charge >= 0.3 is 6.03 Å². The van der Waals surface area contributed by atoms with E-state index in [4.69, 9.17) is 0 Å². The minimum atomic E-state index is -3.97. The molecule has 0 N–H and O–H groups in total. The molecule has 0 atom stereocenters. The fourth-order valence-corrected chi connectivity index (χ4v) is 4.75. The van der Waals surface area contributed by atoms with Crippen molar-refractivity contribution in [2.24, 2.45) is 0 Å². The highest BCUT2D eigenvalue weighted by molar-refractivity contribution is 7.94. The summed E-state index contributed by atoms with van der Waals surface area (Å²) in [6.07, 6.45) is 0. The lowest BCUT2D eigenvalue weighted by Crippen LogP contribution is -2.50. The van der Waals surface area contributed by atoms with Crippen molar-refractivity contribution in [2.45, 2.75) is 18.4 Å². The van der Waals surface area contributed by atoms with Crippen molar-refractivity contribution in [3.8, 4) is 0 Å². The molecule has 0 aliphatic carbocycles. The summed E-state index contributed by atoms with van der Waals surface area (Å²) >= 11 is 0. The summed E-state index contributed by atoms with van der Waals surface area (Å²) < 4.78 is 27.2. The lowest BCUT2D eigenvalue weighted by molar-refractivity contribution is 0.253. The van der Waals surface area contributed by atoms with Gasteiger partial charge in [-0.3, -0.25) is 4.90 Å². The molecule has 3 aromatic rings. The maximum absolute atomic E-state index is 13.2. The number of benzene rings is 3. The summed E-state index contributed by atoms with van der Waals surface area (Å²) in [5, 5.41) is 0. The molecule has 0 aromatic heterocycles. The minimum Gasteiger partial charge on any atom is -0.287 e. The van der Waals surface area contributed by atoms with Crippen LogP contribution in [0.4, 0.5) is 16.2 Å². The Hall–Kier alpha value is -3.12. The van der Waals surface area contributed by atoms with E-state index in [2.05, 4.69) is 0 Å². The van der Waals surface area contributed by atoms with Crippen LogP contribution < -0.4 is 9.21 Å². The van der Waals surface area contributed by atoms with E-state index in [1.165, 1.54) is 11.0 Å². The van der Waals surface area contributed by atoms with E-state index in [-0.39, 0.29) is 11.4 Å². The molecule has 6 heteroatoms. The zero-order valence-corrected chi connectivity index (χ0v) is 15.6. The second-order valence-corrected chi connectivity index (χ2v) is 8.18. The zero-order chi connectivity index (χ0) is 19.0. The number of para-hydroxylation sites is 2. The number of amides is 2. The first-order valence-electron chi connectivity index (χ1n) is 8.55. The van der Waals surface area contributed by atoms with Crippen molar-refractivity contribution in [1.82, 2.24) is 0 Å². The first-order chi connectivity index (χ1) is 13.0. The molecule has 1 aliphatic heterocycles. The third-order valence-electron chi connectivity index (χ3n) is 4.53. The van der Waals surface area contributed by atoms with Crippen molar-refractivity contribution in [3.63, 3.8) is 0 Å². The number of fused-ring (bicyclic) bond motifs is 1. The lowest BCUT2D eigenvalue weighted by Gasteiger charge is -2.36. The fourth-order valence-electron chi connectivity index (χ4n) is 3.15. The van der Waals surface area contributed by atoms with Crippen LogP contribution in [-0.4, -0.2) is 14.4 Å². The summed E-state index contributed by atoms with van der Waals surface area (Å²) in [5.41, 5.74) is 2.77. The van der Waals surface area contributed by atoms with Gasteiger partial charge in [0.25, 0.3) is 10.0 Å². The molecule has 5 nitrogen and oxygen atoms in total. The topological polar surface area (TPSA) is 57.7 Å². The first kappa shape index (κ1) is 17.3. The molecule has 0 fully saturated rings. The number of urea groups is 1. The second kappa shape index (κ2) is 6.55. The van der Waals surface area contributed by atoms with Crippen LogP contribution in [0.25, 0.3) is 0 Å². The molecule has 1 aliphatic rings. The molecule has 1 heterocycles. The van der Waals surface area contributed by atoms with Crippen LogP contribution in [-0.2, 0) is 16.6 Å². The predicted octanol–water partition coefficient (Wildman–Crippen LogP) is 4.33. The molecule has 0 bridgehead atoms. The van der Waals surface area contributed by atoms with Crippen LogP contribution in [0.1, 0.15) is 11.1 Å². The SMILES string of the molecule is Cc1ccc(CN2C(=O)N(c3ccccc3)S(=O)(=O)c3ccccc32)cc1. The Kier molecular flexibility index (Phi) is 4.20. The highest BCUT2D eigenvalue weighted by Crippen LogP contribution is 2.37. The van der Waals surface area contributed by atoms with Gasteiger partial charge in [0.2, 0.25) is 0 Å². The first-order valence-corrected chi connectivity index (χ1v) is 9.99. The molecule has 3 aromatic carbocycles. The number of hydrogen-bond donors (Lipinski definition) is 0. The zero-order valence-electron chi connectivity index (χ0n) is 14.7. The largest absolute Gasteiger partial charge is 0.343 e.